The molecule has 25 heavy (non-hydrogen) atoms. The zero-order valence-corrected chi connectivity index (χ0v) is 14.1. The van der Waals surface area contributed by atoms with Gasteiger partial charge in [-0.2, -0.15) is 0 Å². The van der Waals surface area contributed by atoms with Crippen LogP contribution in [0.3, 0.4) is 0 Å². The van der Waals surface area contributed by atoms with Crippen LogP contribution in [0.15, 0.2) is 42.5 Å². The third-order valence-electron chi connectivity index (χ3n) is 4.09. The van der Waals surface area contributed by atoms with Gasteiger partial charge in [-0.25, -0.2) is 4.39 Å². The first kappa shape index (κ1) is 17.0. The number of fused-ring (bicyclic) bond motifs is 1. The Labute approximate surface area is 145 Å². The number of nitrogens with one attached hydrogen (secondary N) is 1. The van der Waals surface area contributed by atoms with Crippen LogP contribution in [0.4, 0.5) is 15.8 Å². The van der Waals surface area contributed by atoms with Crippen LogP contribution >= 0.6 is 0 Å². The van der Waals surface area contributed by atoms with Gasteiger partial charge in [0.1, 0.15) is 11.6 Å². The summed E-state index contributed by atoms with van der Waals surface area (Å²) in [5.41, 5.74) is 1.57. The van der Waals surface area contributed by atoms with Gasteiger partial charge < -0.3 is 15.0 Å². The van der Waals surface area contributed by atoms with Crippen LogP contribution in [0.1, 0.15) is 18.9 Å². The third kappa shape index (κ3) is 3.63. The van der Waals surface area contributed by atoms with E-state index in [0.29, 0.717) is 22.7 Å². The van der Waals surface area contributed by atoms with Crippen LogP contribution in [0.2, 0.25) is 0 Å². The minimum Gasteiger partial charge on any atom is -0.479 e. The van der Waals surface area contributed by atoms with Crippen molar-refractivity contribution in [2.75, 3.05) is 16.8 Å². The predicted octanol–water partition coefficient (Wildman–Crippen LogP) is 3.28. The van der Waals surface area contributed by atoms with Gasteiger partial charge in [0.15, 0.2) is 6.10 Å². The number of amides is 2. The average molecular weight is 342 g/mol. The van der Waals surface area contributed by atoms with E-state index in [1.807, 2.05) is 12.1 Å². The molecule has 0 aromatic heterocycles. The van der Waals surface area contributed by atoms with Gasteiger partial charge in [-0.15, -0.1) is 0 Å². The Kier molecular flexibility index (Phi) is 4.70. The number of ether oxygens (including phenoxy) is 1. The van der Waals surface area contributed by atoms with E-state index in [1.165, 1.54) is 6.07 Å². The Morgan fingerprint density at radius 2 is 2.04 bits per heavy atom. The highest BCUT2D eigenvalue weighted by molar-refractivity contribution is 6.00. The average Bonchev–Trinajstić information content (AvgIpc) is 2.58. The lowest BCUT2D eigenvalue weighted by molar-refractivity contribution is -0.125. The normalized spacial score (nSPS) is 16.2. The van der Waals surface area contributed by atoms with Gasteiger partial charge >= 0.3 is 0 Å². The molecule has 0 aliphatic carbocycles. The molecule has 0 radical (unpaired) electrons. The van der Waals surface area contributed by atoms with Gasteiger partial charge in [0.2, 0.25) is 5.91 Å². The number of nitrogens with zero attached hydrogens (tertiary/aromatic N) is 1. The maximum absolute atomic E-state index is 13.5. The van der Waals surface area contributed by atoms with E-state index in [0.717, 1.165) is 0 Å². The maximum atomic E-state index is 13.5. The highest BCUT2D eigenvalue weighted by Gasteiger charge is 2.31. The van der Waals surface area contributed by atoms with Crippen molar-refractivity contribution in [2.45, 2.75) is 26.4 Å². The van der Waals surface area contributed by atoms with Crippen molar-refractivity contribution in [3.05, 3.63) is 53.8 Å². The van der Waals surface area contributed by atoms with Crippen molar-refractivity contribution in [3.63, 3.8) is 0 Å². The van der Waals surface area contributed by atoms with E-state index < -0.39 is 6.10 Å². The molecule has 1 aliphatic rings. The van der Waals surface area contributed by atoms with Crippen molar-refractivity contribution < 1.29 is 18.7 Å². The van der Waals surface area contributed by atoms with Crippen molar-refractivity contribution >= 4 is 23.2 Å². The van der Waals surface area contributed by atoms with Crippen molar-refractivity contribution in [3.8, 4) is 5.75 Å². The summed E-state index contributed by atoms with van der Waals surface area (Å²) < 4.78 is 19.1. The first-order valence-electron chi connectivity index (χ1n) is 8.09. The van der Waals surface area contributed by atoms with Gasteiger partial charge in [-0.3, -0.25) is 9.59 Å². The highest BCUT2D eigenvalue weighted by atomic mass is 19.1. The number of carbonyl (C=O) groups excluding carboxylic acids is 2. The SMILES string of the molecule is Cc1ccc(NC(=O)CCN2C(=O)C(C)Oc3ccccc32)cc1F. The molecule has 2 aromatic carbocycles. The molecule has 2 aromatic rings. The molecule has 2 amide bonds. The molecule has 1 aliphatic heterocycles. The van der Waals surface area contributed by atoms with Gasteiger partial charge in [0, 0.05) is 18.7 Å². The van der Waals surface area contributed by atoms with Crippen LogP contribution in [0, 0.1) is 12.7 Å². The van der Waals surface area contributed by atoms with Gasteiger partial charge in [0.05, 0.1) is 5.69 Å². The molecule has 0 spiro atoms. The van der Waals surface area contributed by atoms with Gasteiger partial charge in [0.25, 0.3) is 5.91 Å². The Hall–Kier alpha value is -2.89. The number of halogens is 1. The number of carbonyl (C=O) groups is 2. The molecule has 0 saturated heterocycles. The molecule has 1 unspecified atom stereocenters. The molecule has 0 saturated carbocycles. The summed E-state index contributed by atoms with van der Waals surface area (Å²) in [6.45, 7) is 3.56. The molecule has 130 valence electrons. The summed E-state index contributed by atoms with van der Waals surface area (Å²) in [5, 5.41) is 2.65. The molecule has 1 heterocycles. The molecule has 1 N–H and O–H groups in total. The summed E-state index contributed by atoms with van der Waals surface area (Å²) >= 11 is 0. The maximum Gasteiger partial charge on any atom is 0.267 e. The Balaban J connectivity index is 1.67. The molecular weight excluding hydrogens is 323 g/mol. The molecular formula is C19H19FN2O3. The van der Waals surface area contributed by atoms with E-state index in [2.05, 4.69) is 5.32 Å². The minimum absolute atomic E-state index is 0.0995. The smallest absolute Gasteiger partial charge is 0.267 e. The fourth-order valence-corrected chi connectivity index (χ4v) is 2.70. The van der Waals surface area contributed by atoms with E-state index >= 15 is 0 Å². The van der Waals surface area contributed by atoms with Crippen LogP contribution in [0.25, 0.3) is 0 Å². The van der Waals surface area contributed by atoms with Crippen LogP contribution in [0.5, 0.6) is 5.75 Å². The zero-order valence-electron chi connectivity index (χ0n) is 14.1. The lowest BCUT2D eigenvalue weighted by Gasteiger charge is -2.32. The van der Waals surface area contributed by atoms with E-state index in [-0.39, 0.29) is 30.6 Å². The molecule has 6 heteroatoms. The van der Waals surface area contributed by atoms with Crippen LogP contribution < -0.4 is 15.0 Å². The largest absolute Gasteiger partial charge is 0.479 e. The third-order valence-corrected chi connectivity index (χ3v) is 4.09. The first-order valence-corrected chi connectivity index (χ1v) is 8.09. The molecule has 1 atom stereocenters. The summed E-state index contributed by atoms with van der Waals surface area (Å²) in [6, 6.07) is 11.8. The topological polar surface area (TPSA) is 58.6 Å². The number of benzene rings is 2. The van der Waals surface area contributed by atoms with Gasteiger partial charge in [-0.1, -0.05) is 18.2 Å². The number of hydrogen-bond donors (Lipinski definition) is 1. The fraction of sp³-hybridized carbons (Fsp3) is 0.263. The standard InChI is InChI=1S/C19H19FN2O3/c1-12-7-8-14(11-15(12)20)21-18(23)9-10-22-16-5-3-4-6-17(16)25-13(2)19(22)24/h3-8,11,13H,9-10H2,1-2H3,(H,21,23). The number of para-hydroxylation sites is 2. The Morgan fingerprint density at radius 3 is 2.80 bits per heavy atom. The van der Waals surface area contributed by atoms with Gasteiger partial charge in [-0.05, 0) is 43.7 Å². The summed E-state index contributed by atoms with van der Waals surface area (Å²) in [5.74, 6) is -0.222. The highest BCUT2D eigenvalue weighted by Crippen LogP contribution is 2.33. The van der Waals surface area contributed by atoms with Crippen molar-refractivity contribution in [1.29, 1.82) is 0 Å². The number of aryl methyl sites for hydroxylation is 1. The summed E-state index contributed by atoms with van der Waals surface area (Å²) in [4.78, 5) is 26.1. The fourth-order valence-electron chi connectivity index (χ4n) is 2.70. The second-order valence-electron chi connectivity index (χ2n) is 5.98. The first-order chi connectivity index (χ1) is 12.0. The molecule has 0 bridgehead atoms. The molecule has 5 nitrogen and oxygen atoms in total. The predicted molar refractivity (Wildman–Crippen MR) is 93.3 cm³/mol. The second kappa shape index (κ2) is 6.93. The van der Waals surface area contributed by atoms with E-state index in [4.69, 9.17) is 4.74 Å². The van der Waals surface area contributed by atoms with E-state index in [1.54, 1.807) is 43.0 Å². The monoisotopic (exact) mass is 342 g/mol. The lowest BCUT2D eigenvalue weighted by atomic mass is 10.1. The second-order valence-corrected chi connectivity index (χ2v) is 5.98. The Bertz CT molecular complexity index is 822. The summed E-state index contributed by atoms with van der Waals surface area (Å²) in [6.07, 6.45) is -0.494. The van der Waals surface area contributed by atoms with E-state index in [9.17, 15) is 14.0 Å². The number of hydrogen-bond acceptors (Lipinski definition) is 3. The summed E-state index contributed by atoms with van der Waals surface area (Å²) in [7, 11) is 0. The molecule has 0 fully saturated rings. The minimum atomic E-state index is -0.593. The molecule has 3 rings (SSSR count). The Morgan fingerprint density at radius 1 is 1.28 bits per heavy atom. The van der Waals surface area contributed by atoms with Crippen LogP contribution in [-0.4, -0.2) is 24.5 Å². The van der Waals surface area contributed by atoms with Crippen molar-refractivity contribution in [2.24, 2.45) is 0 Å². The van der Waals surface area contributed by atoms with Crippen molar-refractivity contribution in [1.82, 2.24) is 0 Å². The zero-order chi connectivity index (χ0) is 18.0. The quantitative estimate of drug-likeness (QED) is 0.928. The number of rotatable bonds is 4. The number of anilines is 2. The van der Waals surface area contributed by atoms with Crippen LogP contribution in [-0.2, 0) is 9.59 Å². The lowest BCUT2D eigenvalue weighted by Crippen LogP contribution is -2.45.